The molecular formula is C58H77FeN9O8. The van der Waals surface area contributed by atoms with E-state index < -0.39 is 47.6 Å². The predicted molar refractivity (Wildman–Crippen MR) is 287 cm³/mol. The standard InChI is InChI=1S/C58H77N9O8.Fe/c1-9-65-49-16-15-39-29-47(49)48(53(65)45(50(59)36(4)73-8)17-21-64-22-19-60-20-23-64)31-58(5,6)34-75-57(71)51-46-30-42(46)33-66(62-51)55(70)41(26-37-25-40(39)28-43(68)27-37)32-61-54(69)52(35(2)3)63(7)67(72)56-44(18-24-74-56)38-13-11-10-12-14-38;/h10-17,25,27-29,35-36,41-42,44,46,51-52,56,60,62,68H,9,18-20,22-24,26,30-34,59H2,1-8H3,(H,61,69);/b50-45+;/t36-,41+,42?,44+,46-,51-,52-,56+;/m0./s1. The molecule has 0 spiro atoms. The number of amides is 2. The minimum absolute atomic E-state index is 0. The number of ether oxygens (including phenoxy) is 3. The van der Waals surface area contributed by atoms with Crippen LogP contribution in [0.3, 0.4) is 0 Å². The van der Waals surface area contributed by atoms with Gasteiger partial charge in [0.15, 0.2) is 10.9 Å². The minimum atomic E-state index is -0.899. The Morgan fingerprint density at radius 3 is 2.54 bits per heavy atom. The number of aromatic nitrogens is 1. The van der Waals surface area contributed by atoms with Gasteiger partial charge in [0.05, 0.1) is 43.1 Å². The molecule has 1 saturated carbocycles. The third-order valence-electron chi connectivity index (χ3n) is 16.0. The van der Waals surface area contributed by atoms with Crippen molar-refractivity contribution in [2.75, 3.05) is 66.6 Å². The number of allylic oxidation sites excluding steroid dienone is 2. The van der Waals surface area contributed by atoms with Gasteiger partial charge in [-0.3, -0.25) is 19.4 Å². The van der Waals surface area contributed by atoms with Crippen molar-refractivity contribution in [1.29, 1.82) is 0 Å². The first kappa shape index (κ1) is 56.5. The third kappa shape index (κ3) is 12.0. The number of aromatic hydroxyl groups is 1. The second-order valence-electron chi connectivity index (χ2n) is 22.4. The van der Waals surface area contributed by atoms with Crippen LogP contribution in [0.4, 0.5) is 0 Å². The Morgan fingerprint density at radius 1 is 1.08 bits per heavy atom. The van der Waals surface area contributed by atoms with E-state index in [0.717, 1.165) is 81.9 Å². The summed E-state index contributed by atoms with van der Waals surface area (Å²) in [5, 5.41) is 21.9. The normalized spacial score (nSPS) is 24.8. The summed E-state index contributed by atoms with van der Waals surface area (Å²) in [4.78, 5) is 60.9. The maximum atomic E-state index is 15.0. The van der Waals surface area contributed by atoms with Crippen molar-refractivity contribution in [2.45, 2.75) is 104 Å². The number of aryl methyl sites for hydroxylation is 1. The number of likely N-dealkylation sites (N-methyl/N-ethyl adjacent to an activating group) is 1. The topological polar surface area (TPSA) is 196 Å². The Morgan fingerprint density at radius 2 is 1.83 bits per heavy atom. The Kier molecular flexibility index (Phi) is 17.7. The number of hydrazine groups is 2. The van der Waals surface area contributed by atoms with Crippen LogP contribution in [0.25, 0.3) is 27.6 Å². The molecule has 17 nitrogen and oxygen atoms in total. The second kappa shape index (κ2) is 23.9. The van der Waals surface area contributed by atoms with Gasteiger partial charge in [0, 0.05) is 86.3 Å². The summed E-state index contributed by atoms with van der Waals surface area (Å²) in [6.45, 7) is 16.8. The molecule has 4 aliphatic heterocycles. The van der Waals surface area contributed by atoms with Crippen LogP contribution in [0.5, 0.6) is 5.75 Å². The summed E-state index contributed by atoms with van der Waals surface area (Å²) in [5.41, 5.74) is 17.4. The Hall–Kier alpha value is -5.75. The molecule has 1 unspecified atom stereocenters. The predicted octanol–water partition coefficient (Wildman–Crippen LogP) is 5.89. The fourth-order valence-electron chi connectivity index (χ4n) is 11.8. The summed E-state index contributed by atoms with van der Waals surface area (Å²) in [6.07, 6.45) is 6.41. The van der Waals surface area contributed by atoms with E-state index in [1.165, 1.54) is 10.0 Å². The molecule has 76 heavy (non-hydrogen) atoms. The van der Waals surface area contributed by atoms with Crippen LogP contribution in [0.1, 0.15) is 82.7 Å². The summed E-state index contributed by atoms with van der Waals surface area (Å²) in [5.74, 6) is -2.32. The number of benzene rings is 3. The van der Waals surface area contributed by atoms with Crippen LogP contribution < -0.4 is 21.8 Å². The number of rotatable bonds is 14. The van der Waals surface area contributed by atoms with Gasteiger partial charge in [-0.2, -0.15) is 6.20 Å². The van der Waals surface area contributed by atoms with Gasteiger partial charge in [-0.1, -0.05) is 70.2 Å². The van der Waals surface area contributed by atoms with Crippen molar-refractivity contribution in [1.82, 2.24) is 35.5 Å². The average molecular weight is 1080 g/mol. The van der Waals surface area contributed by atoms with E-state index >= 15 is 0 Å². The molecule has 4 aromatic rings. The van der Waals surface area contributed by atoms with E-state index in [-0.39, 0.29) is 72.0 Å². The quantitative estimate of drug-likeness (QED) is 0.0251. The van der Waals surface area contributed by atoms with Gasteiger partial charge in [-0.15, -0.1) is 10.6 Å². The number of esters is 1. The molecule has 1 aliphatic carbocycles. The maximum Gasteiger partial charge on any atom is 0.344 e. The molecule has 4 fully saturated rings. The number of nitrogens with zero attached hydrogens (tertiary/aromatic N) is 5. The van der Waals surface area contributed by atoms with Gasteiger partial charge < -0.3 is 45.2 Å². The SMILES string of the molecule is CCn1c(/C(C=[C-]N2CCNCC2)=C(/N)[C@H](C)OC)c2c3cc(ccc31)-c1cc(O)cc(c1)C[C@H](CNC(=O)[C@H](C(C)C)N(C)[N+](=O)[C@@H]1OCC[C@@H]1c1ccccc1)C(=O)N1CC3C[C@@H]3[C@H](N1)C(=O)OCC(C)(C)C2.[Fe]. The van der Waals surface area contributed by atoms with Crippen LogP contribution in [-0.2, 0) is 65.0 Å². The number of cyclic esters (lactones) is 1. The molecule has 5 heterocycles. The van der Waals surface area contributed by atoms with Crippen molar-refractivity contribution in [3.8, 4) is 16.9 Å². The van der Waals surface area contributed by atoms with E-state index in [0.29, 0.717) is 43.8 Å². The van der Waals surface area contributed by atoms with Gasteiger partial charge in [0.1, 0.15) is 11.8 Å². The summed E-state index contributed by atoms with van der Waals surface area (Å²) >= 11 is 0. The van der Waals surface area contributed by atoms with E-state index in [2.05, 4.69) is 64.6 Å². The molecule has 3 saturated heterocycles. The minimum Gasteiger partial charge on any atom is -0.508 e. The van der Waals surface area contributed by atoms with Gasteiger partial charge >= 0.3 is 12.2 Å². The number of phenols is 1. The number of phenolic OH excluding ortho intramolecular Hbond substituents is 1. The number of hydrogen-bond donors (Lipinski definition) is 5. The van der Waals surface area contributed by atoms with E-state index in [4.69, 9.17) is 19.9 Å². The molecule has 18 heteroatoms. The van der Waals surface area contributed by atoms with Gasteiger partial charge in [0.25, 0.3) is 0 Å². The van der Waals surface area contributed by atoms with Crippen LogP contribution in [-0.4, -0.2) is 138 Å². The van der Waals surface area contributed by atoms with E-state index in [9.17, 15) is 24.4 Å². The zero-order chi connectivity index (χ0) is 53.3. The average Bonchev–Trinajstić information content (AvgIpc) is 3.95. The number of carbonyl (C=O) groups is 3. The summed E-state index contributed by atoms with van der Waals surface area (Å²) in [6, 6.07) is 19.8. The number of nitroso groups, excluding NO2 is 1. The van der Waals surface area contributed by atoms with Crippen LogP contribution in [0.15, 0.2) is 78.5 Å². The third-order valence-corrected chi connectivity index (χ3v) is 16.0. The molecule has 2 amide bonds. The largest absolute Gasteiger partial charge is 0.508 e. The van der Waals surface area contributed by atoms with Crippen molar-refractivity contribution in [2.24, 2.45) is 34.8 Å². The van der Waals surface area contributed by atoms with Gasteiger partial charge in [-0.05, 0) is 121 Å². The molecule has 5 aliphatic rings. The van der Waals surface area contributed by atoms with Crippen molar-refractivity contribution >= 4 is 34.3 Å². The fraction of sp³-hybridized carbons (Fsp3) is 0.534. The summed E-state index contributed by atoms with van der Waals surface area (Å²) < 4.78 is 20.4. The molecule has 9 rings (SSSR count). The smallest absolute Gasteiger partial charge is 0.344 e. The molecular weight excluding hydrogens is 1010 g/mol. The van der Waals surface area contributed by atoms with E-state index in [1.807, 2.05) is 69.3 Å². The van der Waals surface area contributed by atoms with Crippen LogP contribution in [0.2, 0.25) is 0 Å². The Bertz CT molecular complexity index is 2830. The first-order valence-corrected chi connectivity index (χ1v) is 26.9. The molecule has 6 N–H and O–H groups in total. The maximum absolute atomic E-state index is 15.0. The molecule has 0 radical (unpaired) electrons. The van der Waals surface area contributed by atoms with Gasteiger partial charge in [0.2, 0.25) is 11.8 Å². The Labute approximate surface area is 457 Å². The zero-order valence-corrected chi connectivity index (χ0v) is 46.4. The number of nitrogens with two attached hydrogens (primary N) is 1. The number of hydrogen-bond acceptors (Lipinski definition) is 12. The molecule has 1 aromatic heterocycles. The van der Waals surface area contributed by atoms with Gasteiger partial charge in [-0.25, -0.2) is 11.5 Å². The number of methoxy groups -OCH3 is 1. The first-order chi connectivity index (χ1) is 36.0. The Balaban J connectivity index is 0.00000765. The van der Waals surface area contributed by atoms with Crippen LogP contribution >= 0.6 is 0 Å². The molecule has 8 atom stereocenters. The van der Waals surface area contributed by atoms with Crippen molar-refractivity contribution in [3.05, 3.63) is 112 Å². The first-order valence-electron chi connectivity index (χ1n) is 26.9. The number of fused-ring (bicyclic) bond motifs is 8. The van der Waals surface area contributed by atoms with E-state index in [1.54, 1.807) is 26.3 Å². The summed E-state index contributed by atoms with van der Waals surface area (Å²) in [7, 11) is 3.26. The number of nitrogens with one attached hydrogen (secondary N) is 3. The van der Waals surface area contributed by atoms with Crippen molar-refractivity contribution in [3.63, 3.8) is 0 Å². The molecule has 3 aromatic carbocycles. The number of piperazine rings is 1. The second-order valence-corrected chi connectivity index (χ2v) is 22.4. The molecule has 410 valence electrons. The zero-order valence-electron chi connectivity index (χ0n) is 45.3. The fourth-order valence-corrected chi connectivity index (χ4v) is 11.8. The molecule has 6 bridgehead atoms. The van der Waals surface area contributed by atoms with Crippen LogP contribution in [0, 0.1) is 40.2 Å². The van der Waals surface area contributed by atoms with Crippen molar-refractivity contribution < 1.29 is 55.6 Å². The number of carbonyl (C=O) groups excluding carboxylic acids is 3. The monoisotopic (exact) mass is 1080 g/mol.